The topological polar surface area (TPSA) is 89.8 Å². The van der Waals surface area contributed by atoms with Crippen LogP contribution in [-0.4, -0.2) is 41.0 Å². The average Bonchev–Trinajstić information content (AvgIpc) is 2.69. The molecule has 1 rings (SSSR count). The maximum atomic E-state index is 12.3. The normalized spacial score (nSPS) is 20.0. The molecule has 2 atom stereocenters. The molecule has 0 N–H and O–H groups in total. The number of imide groups is 1. The Morgan fingerprint density at radius 1 is 1.43 bits per heavy atom. The van der Waals surface area contributed by atoms with Crippen LogP contribution in [0.5, 0.6) is 0 Å². The molecule has 2 unspecified atom stereocenters. The summed E-state index contributed by atoms with van der Waals surface area (Å²) in [4.78, 5) is 35.5. The van der Waals surface area contributed by atoms with E-state index in [2.05, 4.69) is 0 Å². The van der Waals surface area contributed by atoms with E-state index >= 15 is 0 Å². The molecule has 0 aliphatic carbocycles. The lowest BCUT2D eigenvalue weighted by Crippen LogP contribution is -2.43. The molecule has 0 saturated carbocycles. The third-order valence-electron chi connectivity index (χ3n) is 3.62. The number of hydrogen-bond donors (Lipinski definition) is 0. The Labute approximate surface area is 124 Å². The predicted octanol–water partition coefficient (Wildman–Crippen LogP) is 2.32. The van der Waals surface area contributed by atoms with Gasteiger partial charge in [0.2, 0.25) is 12.5 Å². The summed E-state index contributed by atoms with van der Waals surface area (Å²) in [5.74, 6) is -0.369. The molecule has 1 aliphatic rings. The summed E-state index contributed by atoms with van der Waals surface area (Å²) in [6.45, 7) is 7.69. The van der Waals surface area contributed by atoms with Crippen molar-refractivity contribution >= 4 is 12.0 Å². The molecular weight excluding hydrogens is 276 g/mol. The van der Waals surface area contributed by atoms with E-state index in [9.17, 15) is 19.7 Å². The van der Waals surface area contributed by atoms with Crippen LogP contribution >= 0.6 is 0 Å². The van der Waals surface area contributed by atoms with E-state index in [4.69, 9.17) is 4.74 Å². The van der Waals surface area contributed by atoms with Gasteiger partial charge in [0.1, 0.15) is 6.61 Å². The number of nitro groups is 1. The first kappa shape index (κ1) is 17.4. The van der Waals surface area contributed by atoms with Crippen molar-refractivity contribution in [1.82, 2.24) is 4.90 Å². The summed E-state index contributed by atoms with van der Waals surface area (Å²) >= 11 is 0. The number of amides is 2. The smallest absolute Gasteiger partial charge is 0.416 e. The van der Waals surface area contributed by atoms with E-state index in [1.165, 1.54) is 0 Å². The number of hydrogen-bond acceptors (Lipinski definition) is 5. The standard InChI is InChI=1S/C14H24N2O5/c1-9(2)5-11(7-15(19)20)6-13(17)16-12(10(3)4)8-21-14(16)18/h9-12H,5-8H2,1-4H3. The molecule has 21 heavy (non-hydrogen) atoms. The zero-order valence-electron chi connectivity index (χ0n) is 13.1. The molecule has 120 valence electrons. The average molecular weight is 300 g/mol. The zero-order chi connectivity index (χ0) is 16.2. The first-order valence-electron chi connectivity index (χ1n) is 7.33. The fraction of sp³-hybridized carbons (Fsp3) is 0.857. The van der Waals surface area contributed by atoms with E-state index in [0.717, 1.165) is 4.90 Å². The van der Waals surface area contributed by atoms with Crippen LogP contribution in [0.15, 0.2) is 0 Å². The van der Waals surface area contributed by atoms with E-state index in [1.807, 2.05) is 27.7 Å². The van der Waals surface area contributed by atoms with Crippen LogP contribution in [0.1, 0.15) is 40.5 Å². The molecule has 1 heterocycles. The van der Waals surface area contributed by atoms with Gasteiger partial charge in [-0.2, -0.15) is 0 Å². The maximum absolute atomic E-state index is 12.3. The second-order valence-electron chi connectivity index (χ2n) is 6.37. The third kappa shape index (κ3) is 4.99. The lowest BCUT2D eigenvalue weighted by molar-refractivity contribution is -0.488. The van der Waals surface area contributed by atoms with Crippen LogP contribution in [-0.2, 0) is 9.53 Å². The van der Waals surface area contributed by atoms with Gasteiger partial charge in [-0.3, -0.25) is 14.9 Å². The van der Waals surface area contributed by atoms with Gasteiger partial charge in [0.15, 0.2) is 0 Å². The highest BCUT2D eigenvalue weighted by atomic mass is 16.6. The second kappa shape index (κ2) is 7.38. The van der Waals surface area contributed by atoms with Crippen molar-refractivity contribution < 1.29 is 19.2 Å². The highest BCUT2D eigenvalue weighted by Gasteiger charge is 2.40. The Kier molecular flexibility index (Phi) is 6.11. The van der Waals surface area contributed by atoms with Gasteiger partial charge in [0, 0.05) is 17.3 Å². The Hall–Kier alpha value is -1.66. The van der Waals surface area contributed by atoms with Crippen molar-refractivity contribution in [3.05, 3.63) is 10.1 Å². The first-order chi connectivity index (χ1) is 9.72. The van der Waals surface area contributed by atoms with Gasteiger partial charge in [-0.1, -0.05) is 27.7 Å². The molecule has 0 bridgehead atoms. The quantitative estimate of drug-likeness (QED) is 0.531. The van der Waals surface area contributed by atoms with E-state index in [-0.39, 0.29) is 49.3 Å². The molecule has 0 spiro atoms. The highest BCUT2D eigenvalue weighted by Crippen LogP contribution is 2.24. The molecule has 1 aliphatic heterocycles. The number of nitrogens with zero attached hydrogens (tertiary/aromatic N) is 2. The highest BCUT2D eigenvalue weighted by molar-refractivity contribution is 5.93. The molecule has 0 aromatic carbocycles. The molecule has 1 saturated heterocycles. The third-order valence-corrected chi connectivity index (χ3v) is 3.62. The summed E-state index contributed by atoms with van der Waals surface area (Å²) in [6, 6.07) is -0.277. The van der Waals surface area contributed by atoms with Gasteiger partial charge in [-0.15, -0.1) is 0 Å². The van der Waals surface area contributed by atoms with E-state index in [1.54, 1.807) is 0 Å². The zero-order valence-corrected chi connectivity index (χ0v) is 13.1. The Balaban J connectivity index is 2.75. The fourth-order valence-electron chi connectivity index (χ4n) is 2.66. The van der Waals surface area contributed by atoms with Crippen molar-refractivity contribution in [2.75, 3.05) is 13.2 Å². The molecular formula is C14H24N2O5. The molecule has 0 radical (unpaired) electrons. The summed E-state index contributed by atoms with van der Waals surface area (Å²) < 4.78 is 4.94. The number of carbonyl (C=O) groups is 2. The van der Waals surface area contributed by atoms with Crippen LogP contribution in [0.4, 0.5) is 4.79 Å². The molecule has 1 fully saturated rings. The lowest BCUT2D eigenvalue weighted by Gasteiger charge is -2.24. The van der Waals surface area contributed by atoms with Gasteiger partial charge < -0.3 is 4.74 Å². The largest absolute Gasteiger partial charge is 0.447 e. The minimum Gasteiger partial charge on any atom is -0.447 e. The SMILES string of the molecule is CC(C)CC(CC(=O)N1C(=O)OCC1C(C)C)C[N+](=O)[O-]. The number of carbonyl (C=O) groups excluding carboxylic acids is 2. The summed E-state index contributed by atoms with van der Waals surface area (Å²) in [7, 11) is 0. The minimum absolute atomic E-state index is 0.0114. The maximum Gasteiger partial charge on any atom is 0.416 e. The van der Waals surface area contributed by atoms with Crippen LogP contribution in [0, 0.1) is 27.9 Å². The lowest BCUT2D eigenvalue weighted by atomic mass is 9.93. The number of cyclic esters (lactones) is 1. The summed E-state index contributed by atoms with van der Waals surface area (Å²) in [5.41, 5.74) is 0. The van der Waals surface area contributed by atoms with Crippen LogP contribution in [0.3, 0.4) is 0 Å². The van der Waals surface area contributed by atoms with Crippen molar-refractivity contribution in [2.45, 2.75) is 46.6 Å². The van der Waals surface area contributed by atoms with Crippen LogP contribution in [0.25, 0.3) is 0 Å². The molecule has 0 aromatic rings. The fourth-order valence-corrected chi connectivity index (χ4v) is 2.66. The van der Waals surface area contributed by atoms with Gasteiger partial charge in [-0.25, -0.2) is 9.69 Å². The Morgan fingerprint density at radius 2 is 2.05 bits per heavy atom. The number of ether oxygens (including phenoxy) is 1. The number of rotatable bonds is 7. The van der Waals surface area contributed by atoms with Crippen molar-refractivity contribution in [3.63, 3.8) is 0 Å². The van der Waals surface area contributed by atoms with Gasteiger partial charge in [0.25, 0.3) is 0 Å². The Bertz CT molecular complexity index is 408. The minimum atomic E-state index is -0.636. The van der Waals surface area contributed by atoms with E-state index in [0.29, 0.717) is 6.42 Å². The Morgan fingerprint density at radius 3 is 2.52 bits per heavy atom. The van der Waals surface area contributed by atoms with Crippen molar-refractivity contribution in [1.29, 1.82) is 0 Å². The summed E-state index contributed by atoms with van der Waals surface area (Å²) in [6.07, 6.45) is -0.0394. The molecule has 7 heteroatoms. The molecule has 7 nitrogen and oxygen atoms in total. The monoisotopic (exact) mass is 300 g/mol. The predicted molar refractivity (Wildman–Crippen MR) is 76.2 cm³/mol. The van der Waals surface area contributed by atoms with Crippen LogP contribution < -0.4 is 0 Å². The van der Waals surface area contributed by atoms with Gasteiger partial charge in [0.05, 0.1) is 6.04 Å². The van der Waals surface area contributed by atoms with Crippen LogP contribution in [0.2, 0.25) is 0 Å². The van der Waals surface area contributed by atoms with Crippen molar-refractivity contribution in [2.24, 2.45) is 17.8 Å². The van der Waals surface area contributed by atoms with Gasteiger partial charge in [-0.05, 0) is 18.3 Å². The molecule has 0 aromatic heterocycles. The molecule has 2 amide bonds. The van der Waals surface area contributed by atoms with E-state index < -0.39 is 11.0 Å². The summed E-state index contributed by atoms with van der Waals surface area (Å²) in [5, 5.41) is 10.7. The first-order valence-corrected chi connectivity index (χ1v) is 7.33. The van der Waals surface area contributed by atoms with Crippen molar-refractivity contribution in [3.8, 4) is 0 Å². The van der Waals surface area contributed by atoms with Gasteiger partial charge >= 0.3 is 6.09 Å². The second-order valence-corrected chi connectivity index (χ2v) is 6.37.